The van der Waals surface area contributed by atoms with Crippen LogP contribution in [0.25, 0.3) is 0 Å². The molecule has 16 heavy (non-hydrogen) atoms. The van der Waals surface area contributed by atoms with Gasteiger partial charge in [0.1, 0.15) is 0 Å². The van der Waals surface area contributed by atoms with E-state index in [-0.39, 0.29) is 12.1 Å². The summed E-state index contributed by atoms with van der Waals surface area (Å²) in [5.41, 5.74) is 1.01. The largest absolute Gasteiger partial charge is 0.391 e. The highest BCUT2D eigenvalue weighted by atomic mass is 79.9. The fourth-order valence-electron chi connectivity index (χ4n) is 2.15. The molecule has 0 radical (unpaired) electrons. The van der Waals surface area contributed by atoms with E-state index < -0.39 is 0 Å². The molecule has 1 aromatic rings. The number of nitrogens with zero attached hydrogens (tertiary/aromatic N) is 1. The van der Waals surface area contributed by atoms with E-state index in [1.54, 1.807) is 12.4 Å². The Kier molecular flexibility index (Phi) is 4.18. The summed E-state index contributed by atoms with van der Waals surface area (Å²) in [5, 5.41) is 13.4. The molecule has 1 fully saturated rings. The summed E-state index contributed by atoms with van der Waals surface area (Å²) >= 11 is 3.46. The SMILES string of the molecule is OC1CCCCCC1Nc1ccncc1Br. The van der Waals surface area contributed by atoms with Gasteiger partial charge in [-0.3, -0.25) is 4.98 Å². The van der Waals surface area contributed by atoms with E-state index in [1.165, 1.54) is 12.8 Å². The summed E-state index contributed by atoms with van der Waals surface area (Å²) in [4.78, 5) is 4.03. The molecule has 0 spiro atoms. The highest BCUT2D eigenvalue weighted by Gasteiger charge is 2.21. The molecule has 1 aromatic heterocycles. The second-order valence-electron chi connectivity index (χ2n) is 4.31. The van der Waals surface area contributed by atoms with Crippen LogP contribution in [-0.4, -0.2) is 22.2 Å². The maximum atomic E-state index is 10.0. The first kappa shape index (κ1) is 11.9. The molecule has 4 heteroatoms. The van der Waals surface area contributed by atoms with Crippen molar-refractivity contribution >= 4 is 21.6 Å². The number of halogens is 1. The molecule has 0 amide bonds. The van der Waals surface area contributed by atoms with Gasteiger partial charge >= 0.3 is 0 Å². The normalized spacial score (nSPS) is 26.1. The molecular formula is C12H17BrN2O. The van der Waals surface area contributed by atoms with Crippen LogP contribution < -0.4 is 5.32 Å². The Labute approximate surface area is 104 Å². The van der Waals surface area contributed by atoms with Gasteiger partial charge in [-0.15, -0.1) is 0 Å². The molecule has 1 aliphatic rings. The highest BCUT2D eigenvalue weighted by molar-refractivity contribution is 9.10. The van der Waals surface area contributed by atoms with Gasteiger partial charge in [0.25, 0.3) is 0 Å². The number of anilines is 1. The average molecular weight is 285 g/mol. The smallest absolute Gasteiger partial charge is 0.0741 e. The van der Waals surface area contributed by atoms with E-state index in [2.05, 4.69) is 26.2 Å². The summed E-state index contributed by atoms with van der Waals surface area (Å²) < 4.78 is 0.950. The van der Waals surface area contributed by atoms with Crippen molar-refractivity contribution in [2.24, 2.45) is 0 Å². The lowest BCUT2D eigenvalue weighted by atomic mass is 10.1. The quantitative estimate of drug-likeness (QED) is 0.821. The van der Waals surface area contributed by atoms with Crippen LogP contribution >= 0.6 is 15.9 Å². The van der Waals surface area contributed by atoms with E-state index in [1.807, 2.05) is 6.07 Å². The number of hydrogen-bond donors (Lipinski definition) is 2. The van der Waals surface area contributed by atoms with Crippen molar-refractivity contribution in [3.05, 3.63) is 22.9 Å². The lowest BCUT2D eigenvalue weighted by Crippen LogP contribution is -2.32. The summed E-state index contributed by atoms with van der Waals surface area (Å²) in [6, 6.07) is 2.10. The number of aliphatic hydroxyl groups excluding tert-OH is 1. The number of aliphatic hydroxyl groups is 1. The van der Waals surface area contributed by atoms with Gasteiger partial charge in [0.05, 0.1) is 22.3 Å². The second kappa shape index (κ2) is 5.64. The number of aromatic nitrogens is 1. The van der Waals surface area contributed by atoms with Crippen molar-refractivity contribution in [3.8, 4) is 0 Å². The number of nitrogens with one attached hydrogen (secondary N) is 1. The van der Waals surface area contributed by atoms with Gasteiger partial charge in [-0.25, -0.2) is 0 Å². The predicted octanol–water partition coefficient (Wildman–Crippen LogP) is 2.95. The Morgan fingerprint density at radius 1 is 1.31 bits per heavy atom. The van der Waals surface area contributed by atoms with Gasteiger partial charge in [-0.2, -0.15) is 0 Å². The molecule has 2 rings (SSSR count). The van der Waals surface area contributed by atoms with Crippen molar-refractivity contribution < 1.29 is 5.11 Å². The van der Waals surface area contributed by atoms with Gasteiger partial charge < -0.3 is 10.4 Å². The number of pyridine rings is 1. The Hall–Kier alpha value is -0.610. The van der Waals surface area contributed by atoms with Crippen LogP contribution in [0.5, 0.6) is 0 Å². The van der Waals surface area contributed by atoms with Crippen LogP contribution in [0.3, 0.4) is 0 Å². The molecule has 1 saturated carbocycles. The second-order valence-corrected chi connectivity index (χ2v) is 5.17. The Morgan fingerprint density at radius 3 is 2.94 bits per heavy atom. The summed E-state index contributed by atoms with van der Waals surface area (Å²) in [6.07, 6.45) is 8.79. The first-order valence-electron chi connectivity index (χ1n) is 5.81. The third-order valence-corrected chi connectivity index (χ3v) is 3.72. The zero-order chi connectivity index (χ0) is 11.4. The van der Waals surface area contributed by atoms with E-state index in [0.29, 0.717) is 0 Å². The molecule has 0 aromatic carbocycles. The highest BCUT2D eigenvalue weighted by Crippen LogP contribution is 2.25. The molecule has 0 aliphatic heterocycles. The lowest BCUT2D eigenvalue weighted by Gasteiger charge is -2.23. The molecule has 1 aliphatic carbocycles. The van der Waals surface area contributed by atoms with Crippen molar-refractivity contribution in [3.63, 3.8) is 0 Å². The Balaban J connectivity index is 2.05. The molecule has 3 nitrogen and oxygen atoms in total. The van der Waals surface area contributed by atoms with E-state index in [0.717, 1.165) is 29.4 Å². The third kappa shape index (κ3) is 2.95. The van der Waals surface area contributed by atoms with Crippen molar-refractivity contribution in [1.29, 1.82) is 0 Å². The molecule has 1 heterocycles. The van der Waals surface area contributed by atoms with Gasteiger partial charge in [-0.1, -0.05) is 19.3 Å². The van der Waals surface area contributed by atoms with Crippen molar-refractivity contribution in [2.75, 3.05) is 5.32 Å². The van der Waals surface area contributed by atoms with E-state index >= 15 is 0 Å². The standard InChI is InChI=1S/C12H17BrN2O/c13-9-8-14-7-6-10(9)15-11-4-2-1-3-5-12(11)16/h6-8,11-12,16H,1-5H2,(H,14,15). The first-order valence-corrected chi connectivity index (χ1v) is 6.61. The molecule has 0 bridgehead atoms. The molecule has 2 N–H and O–H groups in total. The fourth-order valence-corrected chi connectivity index (χ4v) is 2.51. The number of rotatable bonds is 2. The van der Waals surface area contributed by atoms with Crippen LogP contribution in [0.1, 0.15) is 32.1 Å². The Morgan fingerprint density at radius 2 is 2.12 bits per heavy atom. The van der Waals surface area contributed by atoms with Crippen LogP contribution in [0.4, 0.5) is 5.69 Å². The summed E-state index contributed by atoms with van der Waals surface area (Å²) in [5.74, 6) is 0. The van der Waals surface area contributed by atoms with Crippen LogP contribution in [0, 0.1) is 0 Å². The maximum absolute atomic E-state index is 10.0. The molecular weight excluding hydrogens is 268 g/mol. The molecule has 2 unspecified atom stereocenters. The lowest BCUT2D eigenvalue weighted by molar-refractivity contribution is 0.144. The minimum absolute atomic E-state index is 0.168. The Bertz CT molecular complexity index is 346. The van der Waals surface area contributed by atoms with E-state index in [9.17, 15) is 5.11 Å². The zero-order valence-corrected chi connectivity index (χ0v) is 10.8. The van der Waals surface area contributed by atoms with E-state index in [4.69, 9.17) is 0 Å². The van der Waals surface area contributed by atoms with Crippen molar-refractivity contribution in [2.45, 2.75) is 44.2 Å². The minimum atomic E-state index is -0.234. The van der Waals surface area contributed by atoms with Gasteiger partial charge in [0.15, 0.2) is 0 Å². The first-order chi connectivity index (χ1) is 7.77. The van der Waals surface area contributed by atoms with Crippen molar-refractivity contribution in [1.82, 2.24) is 4.98 Å². The third-order valence-electron chi connectivity index (χ3n) is 3.09. The van der Waals surface area contributed by atoms with Gasteiger partial charge in [0, 0.05) is 12.4 Å². The van der Waals surface area contributed by atoms with Crippen LogP contribution in [-0.2, 0) is 0 Å². The molecule has 0 saturated heterocycles. The van der Waals surface area contributed by atoms with Crippen LogP contribution in [0.2, 0.25) is 0 Å². The fraction of sp³-hybridized carbons (Fsp3) is 0.583. The topological polar surface area (TPSA) is 45.1 Å². The van der Waals surface area contributed by atoms with Gasteiger partial charge in [0.2, 0.25) is 0 Å². The zero-order valence-electron chi connectivity index (χ0n) is 9.19. The summed E-state index contributed by atoms with van der Waals surface area (Å²) in [7, 11) is 0. The molecule has 2 atom stereocenters. The average Bonchev–Trinajstić information content (AvgIpc) is 2.48. The summed E-state index contributed by atoms with van der Waals surface area (Å²) in [6.45, 7) is 0. The minimum Gasteiger partial charge on any atom is -0.391 e. The predicted molar refractivity (Wildman–Crippen MR) is 68.4 cm³/mol. The molecule has 88 valence electrons. The number of hydrogen-bond acceptors (Lipinski definition) is 3. The van der Waals surface area contributed by atoms with Gasteiger partial charge in [-0.05, 0) is 34.8 Å². The monoisotopic (exact) mass is 284 g/mol. The van der Waals surface area contributed by atoms with Crippen LogP contribution in [0.15, 0.2) is 22.9 Å². The maximum Gasteiger partial charge on any atom is 0.0741 e.